The Kier molecular flexibility index (Phi) is 3.98. The zero-order valence-electron chi connectivity index (χ0n) is 13.2. The second-order valence-electron chi connectivity index (χ2n) is 5.69. The summed E-state index contributed by atoms with van der Waals surface area (Å²) in [6.07, 6.45) is 4.38. The molecule has 0 fully saturated rings. The SMILES string of the molecule is CC1=NN(c2ccc(/C=C/c3ccc(O)c(C)c3)cc2)C(=O)C1. The van der Waals surface area contributed by atoms with Crippen molar-refractivity contribution in [1.29, 1.82) is 0 Å². The highest BCUT2D eigenvalue weighted by molar-refractivity contribution is 6.12. The van der Waals surface area contributed by atoms with Gasteiger partial charge in [-0.2, -0.15) is 5.10 Å². The van der Waals surface area contributed by atoms with E-state index in [1.165, 1.54) is 5.01 Å². The highest BCUT2D eigenvalue weighted by atomic mass is 16.3. The molecule has 2 aromatic rings. The molecule has 0 saturated carbocycles. The molecule has 2 aromatic carbocycles. The summed E-state index contributed by atoms with van der Waals surface area (Å²) < 4.78 is 0. The van der Waals surface area contributed by atoms with Gasteiger partial charge in [-0.15, -0.1) is 0 Å². The molecule has 3 rings (SSSR count). The number of carbonyl (C=O) groups excluding carboxylic acids is 1. The topological polar surface area (TPSA) is 52.9 Å². The van der Waals surface area contributed by atoms with Crippen LogP contribution in [0.5, 0.6) is 5.75 Å². The number of hydrazone groups is 1. The summed E-state index contributed by atoms with van der Waals surface area (Å²) >= 11 is 0. The van der Waals surface area contributed by atoms with Crippen molar-refractivity contribution in [2.75, 3.05) is 5.01 Å². The van der Waals surface area contributed by atoms with Gasteiger partial charge in [-0.3, -0.25) is 4.79 Å². The van der Waals surface area contributed by atoms with E-state index >= 15 is 0 Å². The number of phenolic OH excluding ortho intramolecular Hbond substituents is 1. The van der Waals surface area contributed by atoms with Gasteiger partial charge < -0.3 is 5.11 Å². The lowest BCUT2D eigenvalue weighted by atomic mass is 10.1. The molecule has 1 aliphatic rings. The van der Waals surface area contributed by atoms with Crippen molar-refractivity contribution in [3.8, 4) is 5.75 Å². The number of anilines is 1. The zero-order chi connectivity index (χ0) is 16.4. The molecule has 0 aromatic heterocycles. The molecular formula is C19H18N2O2. The molecule has 1 amide bonds. The molecule has 4 heteroatoms. The van der Waals surface area contributed by atoms with Crippen LogP contribution < -0.4 is 5.01 Å². The maximum absolute atomic E-state index is 11.8. The summed E-state index contributed by atoms with van der Waals surface area (Å²) in [5.41, 5.74) is 4.53. The van der Waals surface area contributed by atoms with Gasteiger partial charge in [0, 0.05) is 5.71 Å². The molecule has 1 aliphatic heterocycles. The van der Waals surface area contributed by atoms with Gasteiger partial charge in [0.05, 0.1) is 12.1 Å². The van der Waals surface area contributed by atoms with Gasteiger partial charge in [-0.05, 0) is 54.8 Å². The molecule has 1 N–H and O–H groups in total. The number of rotatable bonds is 3. The van der Waals surface area contributed by atoms with Crippen LogP contribution in [0.25, 0.3) is 12.2 Å². The Morgan fingerprint density at radius 2 is 1.70 bits per heavy atom. The van der Waals surface area contributed by atoms with E-state index in [0.717, 1.165) is 28.1 Å². The van der Waals surface area contributed by atoms with E-state index in [1.54, 1.807) is 6.07 Å². The van der Waals surface area contributed by atoms with Crippen molar-refractivity contribution >= 4 is 29.5 Å². The Morgan fingerprint density at radius 1 is 1.04 bits per heavy atom. The number of phenols is 1. The maximum Gasteiger partial charge on any atom is 0.253 e. The third-order valence-electron chi connectivity index (χ3n) is 3.74. The highest BCUT2D eigenvalue weighted by Crippen LogP contribution is 2.22. The van der Waals surface area contributed by atoms with Gasteiger partial charge in [0.2, 0.25) is 0 Å². The summed E-state index contributed by atoms with van der Waals surface area (Å²) in [5, 5.41) is 15.2. The molecule has 1 heterocycles. The van der Waals surface area contributed by atoms with E-state index in [1.807, 2.05) is 62.4 Å². The van der Waals surface area contributed by atoms with E-state index in [0.29, 0.717) is 12.2 Å². The lowest BCUT2D eigenvalue weighted by Gasteiger charge is -2.11. The van der Waals surface area contributed by atoms with Gasteiger partial charge in [0.15, 0.2) is 0 Å². The normalized spacial score (nSPS) is 14.6. The Morgan fingerprint density at radius 3 is 2.30 bits per heavy atom. The predicted molar refractivity (Wildman–Crippen MR) is 93.4 cm³/mol. The van der Waals surface area contributed by atoms with E-state index in [9.17, 15) is 9.90 Å². The molecular weight excluding hydrogens is 288 g/mol. The van der Waals surface area contributed by atoms with Crippen LogP contribution in [-0.4, -0.2) is 16.7 Å². The number of hydrogen-bond acceptors (Lipinski definition) is 3. The molecule has 0 atom stereocenters. The highest BCUT2D eigenvalue weighted by Gasteiger charge is 2.22. The minimum Gasteiger partial charge on any atom is -0.508 e. The molecule has 0 spiro atoms. The smallest absolute Gasteiger partial charge is 0.253 e. The average Bonchev–Trinajstić information content (AvgIpc) is 2.87. The van der Waals surface area contributed by atoms with Gasteiger partial charge in [0.1, 0.15) is 5.75 Å². The standard InChI is InChI=1S/C19H18N2O2/c1-13-11-16(7-10-18(13)22)4-3-15-5-8-17(9-6-15)21-19(23)12-14(2)20-21/h3-11,22H,12H2,1-2H3/b4-3+. The van der Waals surface area contributed by atoms with Crippen LogP contribution in [0.2, 0.25) is 0 Å². The molecule has 4 nitrogen and oxygen atoms in total. The molecule has 0 aliphatic carbocycles. The van der Waals surface area contributed by atoms with Crippen molar-refractivity contribution in [2.45, 2.75) is 20.3 Å². The Balaban J connectivity index is 1.76. The predicted octanol–water partition coefficient (Wildman–Crippen LogP) is 3.98. The largest absolute Gasteiger partial charge is 0.508 e. The lowest BCUT2D eigenvalue weighted by Crippen LogP contribution is -2.19. The number of aryl methyl sites for hydroxylation is 1. The van der Waals surface area contributed by atoms with Gasteiger partial charge >= 0.3 is 0 Å². The van der Waals surface area contributed by atoms with Crippen molar-refractivity contribution in [1.82, 2.24) is 0 Å². The summed E-state index contributed by atoms with van der Waals surface area (Å²) in [5.74, 6) is 0.308. The first-order chi connectivity index (χ1) is 11.0. The van der Waals surface area contributed by atoms with Crippen molar-refractivity contribution in [2.24, 2.45) is 5.10 Å². The third kappa shape index (κ3) is 3.31. The van der Waals surface area contributed by atoms with Crippen molar-refractivity contribution in [3.63, 3.8) is 0 Å². The van der Waals surface area contributed by atoms with Crippen molar-refractivity contribution in [3.05, 3.63) is 59.2 Å². The molecule has 0 unspecified atom stereocenters. The van der Waals surface area contributed by atoms with Crippen LogP contribution in [0.15, 0.2) is 47.6 Å². The first kappa shape index (κ1) is 15.0. The van der Waals surface area contributed by atoms with Gasteiger partial charge in [0.25, 0.3) is 5.91 Å². The quantitative estimate of drug-likeness (QED) is 0.872. The molecule has 23 heavy (non-hydrogen) atoms. The van der Waals surface area contributed by atoms with Crippen LogP contribution in [-0.2, 0) is 4.79 Å². The second-order valence-corrected chi connectivity index (χ2v) is 5.69. The van der Waals surface area contributed by atoms with Crippen LogP contribution in [0.3, 0.4) is 0 Å². The molecule has 116 valence electrons. The fourth-order valence-electron chi connectivity index (χ4n) is 2.46. The number of hydrogen-bond donors (Lipinski definition) is 1. The number of amides is 1. The molecule has 0 saturated heterocycles. The van der Waals surface area contributed by atoms with E-state index in [2.05, 4.69) is 5.10 Å². The second kappa shape index (κ2) is 6.08. The lowest BCUT2D eigenvalue weighted by molar-refractivity contribution is -0.116. The minimum atomic E-state index is 0.00496. The first-order valence-electron chi connectivity index (χ1n) is 7.48. The van der Waals surface area contributed by atoms with Crippen molar-refractivity contribution < 1.29 is 9.90 Å². The summed E-state index contributed by atoms with van der Waals surface area (Å²) in [4.78, 5) is 11.8. The van der Waals surface area contributed by atoms with Crippen LogP contribution >= 0.6 is 0 Å². The Hall–Kier alpha value is -2.88. The fraction of sp³-hybridized carbons (Fsp3) is 0.158. The number of nitrogens with zero attached hydrogens (tertiary/aromatic N) is 2. The Bertz CT molecular complexity index is 805. The third-order valence-corrected chi connectivity index (χ3v) is 3.74. The summed E-state index contributed by atoms with van der Waals surface area (Å²) in [7, 11) is 0. The zero-order valence-corrected chi connectivity index (χ0v) is 13.2. The monoisotopic (exact) mass is 306 g/mol. The average molecular weight is 306 g/mol. The van der Waals surface area contributed by atoms with Gasteiger partial charge in [-0.1, -0.05) is 30.4 Å². The number of carbonyl (C=O) groups is 1. The van der Waals surface area contributed by atoms with Crippen LogP contribution in [0.4, 0.5) is 5.69 Å². The van der Waals surface area contributed by atoms with Crippen LogP contribution in [0, 0.1) is 6.92 Å². The molecule has 0 radical (unpaired) electrons. The summed E-state index contributed by atoms with van der Waals surface area (Å²) in [6.45, 7) is 3.73. The van der Waals surface area contributed by atoms with E-state index in [-0.39, 0.29) is 5.91 Å². The van der Waals surface area contributed by atoms with E-state index in [4.69, 9.17) is 0 Å². The summed E-state index contributed by atoms with van der Waals surface area (Å²) in [6, 6.07) is 13.2. The Labute approximate surface area is 135 Å². The van der Waals surface area contributed by atoms with Gasteiger partial charge in [-0.25, -0.2) is 5.01 Å². The van der Waals surface area contributed by atoms with Crippen LogP contribution in [0.1, 0.15) is 30.0 Å². The number of benzene rings is 2. The van der Waals surface area contributed by atoms with E-state index < -0.39 is 0 Å². The number of aromatic hydroxyl groups is 1. The first-order valence-corrected chi connectivity index (χ1v) is 7.48. The maximum atomic E-state index is 11.8. The fourth-order valence-corrected chi connectivity index (χ4v) is 2.46. The minimum absolute atomic E-state index is 0.00496. The molecule has 0 bridgehead atoms.